The molecule has 0 atom stereocenters. The van der Waals surface area contributed by atoms with Crippen LogP contribution in [0.4, 0.5) is 0 Å². The van der Waals surface area contributed by atoms with Crippen molar-refractivity contribution in [3.05, 3.63) is 66.0 Å². The van der Waals surface area contributed by atoms with Crippen LogP contribution in [-0.2, 0) is 13.0 Å². The normalized spacial score (nSPS) is 11.0. The zero-order chi connectivity index (χ0) is 13.6. The molecule has 2 aromatic heterocycles. The second kappa shape index (κ2) is 6.35. The number of pyridine rings is 1. The van der Waals surface area contributed by atoms with Crippen molar-refractivity contribution in [3.63, 3.8) is 0 Å². The van der Waals surface area contributed by atoms with E-state index >= 15 is 0 Å². The van der Waals surface area contributed by atoms with Gasteiger partial charge in [-0.05, 0) is 42.6 Å². The molecule has 20 heavy (non-hydrogen) atoms. The van der Waals surface area contributed by atoms with Crippen molar-refractivity contribution in [2.75, 3.05) is 6.54 Å². The maximum atomic E-state index is 4.30. The van der Waals surface area contributed by atoms with Crippen molar-refractivity contribution in [1.29, 1.82) is 0 Å². The Bertz CT molecular complexity index is 658. The summed E-state index contributed by atoms with van der Waals surface area (Å²) in [7, 11) is 0. The Morgan fingerprint density at radius 1 is 1.05 bits per heavy atom. The maximum absolute atomic E-state index is 4.30. The topological polar surface area (TPSA) is 40.7 Å². The van der Waals surface area contributed by atoms with Gasteiger partial charge in [-0.2, -0.15) is 0 Å². The number of rotatable bonds is 6. The molecule has 1 aromatic carbocycles. The molecule has 3 nitrogen and oxygen atoms in total. The fourth-order valence-corrected chi connectivity index (χ4v) is 2.44. The number of H-pyrrole nitrogens is 1. The summed E-state index contributed by atoms with van der Waals surface area (Å²) in [6.07, 6.45) is 6.14. The second-order valence-electron chi connectivity index (χ2n) is 4.98. The second-order valence-corrected chi connectivity index (χ2v) is 4.98. The molecule has 0 fully saturated rings. The van der Waals surface area contributed by atoms with Crippen molar-refractivity contribution < 1.29 is 0 Å². The Hall–Kier alpha value is -2.13. The van der Waals surface area contributed by atoms with E-state index in [9.17, 15) is 0 Å². The monoisotopic (exact) mass is 265 g/mol. The van der Waals surface area contributed by atoms with E-state index in [1.165, 1.54) is 16.5 Å². The van der Waals surface area contributed by atoms with Crippen LogP contribution in [0, 0.1) is 0 Å². The minimum atomic E-state index is 0.889. The molecule has 0 bridgehead atoms. The predicted octanol–water partition coefficient (Wildman–Crippen LogP) is 3.29. The number of benzene rings is 1. The van der Waals surface area contributed by atoms with E-state index in [1.54, 1.807) is 0 Å². The Morgan fingerprint density at radius 2 is 1.95 bits per heavy atom. The average Bonchev–Trinajstić information content (AvgIpc) is 2.91. The first-order valence-corrected chi connectivity index (χ1v) is 7.09. The molecule has 0 spiro atoms. The molecular formula is C17H19N3. The van der Waals surface area contributed by atoms with Crippen LogP contribution >= 0.6 is 0 Å². The van der Waals surface area contributed by atoms with Crippen molar-refractivity contribution >= 4 is 11.0 Å². The first-order valence-electron chi connectivity index (χ1n) is 7.09. The molecule has 3 heteroatoms. The number of aromatic nitrogens is 2. The lowest BCUT2D eigenvalue weighted by Gasteiger charge is -2.04. The van der Waals surface area contributed by atoms with Gasteiger partial charge in [0.1, 0.15) is 5.65 Å². The Kier molecular flexibility index (Phi) is 4.09. The minimum Gasteiger partial charge on any atom is -0.346 e. The van der Waals surface area contributed by atoms with Crippen LogP contribution in [0.2, 0.25) is 0 Å². The van der Waals surface area contributed by atoms with Gasteiger partial charge in [0.15, 0.2) is 0 Å². The Labute approximate surface area is 119 Å². The van der Waals surface area contributed by atoms with Crippen LogP contribution in [0.3, 0.4) is 0 Å². The summed E-state index contributed by atoms with van der Waals surface area (Å²) in [4.78, 5) is 7.51. The number of fused-ring (bicyclic) bond motifs is 1. The van der Waals surface area contributed by atoms with Gasteiger partial charge in [-0.3, -0.25) is 0 Å². The molecule has 0 saturated heterocycles. The standard InChI is InChI=1S/C17H19N3/c1-2-6-14(7-3-1)8-4-10-18-12-15-13-20-17-16(15)9-5-11-19-17/h1-3,5-7,9,11,13,18H,4,8,10,12H2,(H,19,20). The zero-order valence-electron chi connectivity index (χ0n) is 11.5. The lowest BCUT2D eigenvalue weighted by Crippen LogP contribution is -2.15. The van der Waals surface area contributed by atoms with Gasteiger partial charge in [0.05, 0.1) is 0 Å². The van der Waals surface area contributed by atoms with Crippen LogP contribution in [0.15, 0.2) is 54.9 Å². The number of nitrogens with one attached hydrogen (secondary N) is 2. The number of aryl methyl sites for hydroxylation is 1. The molecule has 2 N–H and O–H groups in total. The molecule has 0 unspecified atom stereocenters. The average molecular weight is 265 g/mol. The molecule has 3 aromatic rings. The van der Waals surface area contributed by atoms with E-state index < -0.39 is 0 Å². The highest BCUT2D eigenvalue weighted by Crippen LogP contribution is 2.15. The first-order chi connectivity index (χ1) is 9.93. The third-order valence-corrected chi connectivity index (χ3v) is 3.51. The molecule has 2 heterocycles. The lowest BCUT2D eigenvalue weighted by molar-refractivity contribution is 0.651. The summed E-state index contributed by atoms with van der Waals surface area (Å²) in [6, 6.07) is 14.7. The molecule has 0 aliphatic heterocycles. The highest BCUT2D eigenvalue weighted by atomic mass is 14.9. The van der Waals surface area contributed by atoms with Crippen LogP contribution in [0.1, 0.15) is 17.5 Å². The molecule has 0 saturated carbocycles. The van der Waals surface area contributed by atoms with Gasteiger partial charge >= 0.3 is 0 Å². The maximum Gasteiger partial charge on any atom is 0.137 e. The predicted molar refractivity (Wildman–Crippen MR) is 82.6 cm³/mol. The van der Waals surface area contributed by atoms with E-state index in [4.69, 9.17) is 0 Å². The SMILES string of the molecule is c1ccc(CCCNCc2c[nH]c3ncccc23)cc1. The molecule has 0 aliphatic carbocycles. The lowest BCUT2D eigenvalue weighted by atomic mass is 10.1. The summed E-state index contributed by atoms with van der Waals surface area (Å²) < 4.78 is 0. The van der Waals surface area contributed by atoms with Gasteiger partial charge in [0, 0.05) is 24.3 Å². The van der Waals surface area contributed by atoms with Gasteiger partial charge in [-0.1, -0.05) is 30.3 Å². The van der Waals surface area contributed by atoms with Crippen LogP contribution in [-0.4, -0.2) is 16.5 Å². The van der Waals surface area contributed by atoms with Crippen molar-refractivity contribution in [1.82, 2.24) is 15.3 Å². The fourth-order valence-electron chi connectivity index (χ4n) is 2.44. The van der Waals surface area contributed by atoms with Crippen molar-refractivity contribution in [3.8, 4) is 0 Å². The van der Waals surface area contributed by atoms with E-state index in [0.717, 1.165) is 31.6 Å². The number of aromatic amines is 1. The third-order valence-electron chi connectivity index (χ3n) is 3.51. The van der Waals surface area contributed by atoms with Gasteiger partial charge in [0.25, 0.3) is 0 Å². The van der Waals surface area contributed by atoms with E-state index in [-0.39, 0.29) is 0 Å². The largest absolute Gasteiger partial charge is 0.346 e. The van der Waals surface area contributed by atoms with Gasteiger partial charge in [-0.15, -0.1) is 0 Å². The third kappa shape index (κ3) is 3.06. The number of hydrogen-bond donors (Lipinski definition) is 2. The zero-order valence-corrected chi connectivity index (χ0v) is 11.5. The molecular weight excluding hydrogens is 246 g/mol. The summed E-state index contributed by atoms with van der Waals surface area (Å²) in [5.41, 5.74) is 3.66. The van der Waals surface area contributed by atoms with Crippen LogP contribution in [0.5, 0.6) is 0 Å². The van der Waals surface area contributed by atoms with E-state index in [1.807, 2.05) is 18.5 Å². The van der Waals surface area contributed by atoms with Crippen molar-refractivity contribution in [2.24, 2.45) is 0 Å². The summed E-state index contributed by atoms with van der Waals surface area (Å²) >= 11 is 0. The quantitative estimate of drug-likeness (QED) is 0.671. The highest BCUT2D eigenvalue weighted by Gasteiger charge is 2.02. The van der Waals surface area contributed by atoms with Gasteiger partial charge in [-0.25, -0.2) is 4.98 Å². The molecule has 0 radical (unpaired) electrons. The molecule has 3 rings (SSSR count). The fraction of sp³-hybridized carbons (Fsp3) is 0.235. The van der Waals surface area contributed by atoms with Crippen LogP contribution < -0.4 is 5.32 Å². The van der Waals surface area contributed by atoms with E-state index in [2.05, 4.69) is 51.7 Å². The first kappa shape index (κ1) is 12.9. The smallest absolute Gasteiger partial charge is 0.137 e. The molecule has 0 amide bonds. The number of nitrogens with zero attached hydrogens (tertiary/aromatic N) is 1. The molecule has 0 aliphatic rings. The Balaban J connectivity index is 1.46. The van der Waals surface area contributed by atoms with Gasteiger partial charge < -0.3 is 10.3 Å². The van der Waals surface area contributed by atoms with Gasteiger partial charge in [0.2, 0.25) is 0 Å². The molecule has 102 valence electrons. The minimum absolute atomic E-state index is 0.889. The van der Waals surface area contributed by atoms with E-state index in [0.29, 0.717) is 0 Å². The number of hydrogen-bond acceptors (Lipinski definition) is 2. The van der Waals surface area contributed by atoms with Crippen molar-refractivity contribution in [2.45, 2.75) is 19.4 Å². The Morgan fingerprint density at radius 3 is 2.85 bits per heavy atom. The highest BCUT2D eigenvalue weighted by molar-refractivity contribution is 5.79. The summed E-state index contributed by atoms with van der Waals surface area (Å²) in [6.45, 7) is 1.92. The summed E-state index contributed by atoms with van der Waals surface area (Å²) in [5.74, 6) is 0. The summed E-state index contributed by atoms with van der Waals surface area (Å²) in [5, 5.41) is 4.71. The van der Waals surface area contributed by atoms with Crippen LogP contribution in [0.25, 0.3) is 11.0 Å².